The lowest BCUT2D eigenvalue weighted by atomic mass is 9.87. The molecule has 33 heavy (non-hydrogen) atoms. The van der Waals surface area contributed by atoms with Crippen LogP contribution in [-0.4, -0.2) is 49.4 Å². The van der Waals surface area contributed by atoms with E-state index < -0.39 is 12.1 Å². The van der Waals surface area contributed by atoms with Crippen molar-refractivity contribution in [3.8, 4) is 17.1 Å². The molecule has 2 fully saturated rings. The molecule has 0 bridgehead atoms. The summed E-state index contributed by atoms with van der Waals surface area (Å²) < 4.78 is 13.1. The predicted octanol–water partition coefficient (Wildman–Crippen LogP) is 3.23. The number of amides is 1. The first-order valence-corrected chi connectivity index (χ1v) is 11.5. The quantitative estimate of drug-likeness (QED) is 0.618. The van der Waals surface area contributed by atoms with Crippen LogP contribution in [0.1, 0.15) is 56.8 Å². The molecule has 178 valence electrons. The Labute approximate surface area is 192 Å². The molecule has 2 aliphatic carbocycles. The number of nitrogens with zero attached hydrogens (tertiary/aromatic N) is 4. The molecule has 3 atom stereocenters. The van der Waals surface area contributed by atoms with Gasteiger partial charge in [-0.2, -0.15) is 0 Å². The van der Waals surface area contributed by atoms with Gasteiger partial charge in [-0.05, 0) is 70.4 Å². The summed E-state index contributed by atoms with van der Waals surface area (Å²) in [6.45, 7) is 3.98. The van der Waals surface area contributed by atoms with Crippen molar-refractivity contribution < 1.29 is 24.2 Å². The third kappa shape index (κ3) is 5.61. The second-order valence-corrected chi connectivity index (χ2v) is 9.03. The Kier molecular flexibility index (Phi) is 6.80. The van der Waals surface area contributed by atoms with Gasteiger partial charge in [-0.3, -0.25) is 4.79 Å². The van der Waals surface area contributed by atoms with E-state index in [1.807, 2.05) is 19.9 Å². The zero-order valence-corrected chi connectivity index (χ0v) is 19.3. The summed E-state index contributed by atoms with van der Waals surface area (Å²) in [5, 5.41) is 20.4. The molecule has 0 aliphatic heterocycles. The zero-order chi connectivity index (χ0) is 23.5. The highest BCUT2D eigenvalue weighted by Crippen LogP contribution is 2.34. The van der Waals surface area contributed by atoms with Gasteiger partial charge in [0.2, 0.25) is 0 Å². The van der Waals surface area contributed by atoms with Gasteiger partial charge in [-0.15, -0.1) is 5.10 Å². The summed E-state index contributed by atoms with van der Waals surface area (Å²) in [6.07, 6.45) is 4.42. The number of nitrogens with one attached hydrogen (secondary N) is 1. The van der Waals surface area contributed by atoms with Crippen molar-refractivity contribution >= 4 is 12.1 Å². The molecule has 2 heterocycles. The zero-order valence-electron chi connectivity index (χ0n) is 19.3. The van der Waals surface area contributed by atoms with E-state index in [9.17, 15) is 14.7 Å². The average molecular weight is 458 g/mol. The Bertz CT molecular complexity index is 1020. The molecule has 2 saturated carbocycles. The maximum absolute atomic E-state index is 12.1. The Morgan fingerprint density at radius 3 is 2.76 bits per heavy atom. The van der Waals surface area contributed by atoms with E-state index in [0.29, 0.717) is 47.3 Å². The van der Waals surface area contributed by atoms with Crippen LogP contribution in [0.25, 0.3) is 11.4 Å². The number of aryl methyl sites for hydroxylation is 2. The van der Waals surface area contributed by atoms with Gasteiger partial charge in [0, 0.05) is 7.05 Å². The topological polar surface area (TPSA) is 128 Å². The minimum Gasteiger partial charge on any atom is -0.489 e. The summed E-state index contributed by atoms with van der Waals surface area (Å²) in [4.78, 5) is 28.1. The lowest BCUT2D eigenvalue weighted by molar-refractivity contribution is -0.143. The lowest BCUT2D eigenvalue weighted by Crippen LogP contribution is -2.29. The van der Waals surface area contributed by atoms with Crippen molar-refractivity contribution in [1.29, 1.82) is 0 Å². The molecule has 0 radical (unpaired) electrons. The molecule has 1 amide bonds. The lowest BCUT2D eigenvalue weighted by Gasteiger charge is -2.27. The maximum atomic E-state index is 12.1. The Hall–Kier alpha value is -3.17. The van der Waals surface area contributed by atoms with Gasteiger partial charge in [-0.1, -0.05) is 5.21 Å². The fourth-order valence-corrected chi connectivity index (χ4v) is 4.26. The number of carboxylic acids is 1. The second kappa shape index (κ2) is 9.76. The fraction of sp³-hybridized carbons (Fsp3) is 0.609. The molecule has 10 nitrogen and oxygen atoms in total. The van der Waals surface area contributed by atoms with Crippen LogP contribution in [0.5, 0.6) is 5.75 Å². The molecule has 10 heteroatoms. The highest BCUT2D eigenvalue weighted by Gasteiger charge is 2.31. The first-order chi connectivity index (χ1) is 15.8. The maximum Gasteiger partial charge on any atom is 0.407 e. The minimum absolute atomic E-state index is 0.0825. The van der Waals surface area contributed by atoms with Crippen LogP contribution in [0.4, 0.5) is 4.79 Å². The van der Waals surface area contributed by atoms with Crippen LogP contribution in [0.2, 0.25) is 0 Å². The number of pyridine rings is 1. The average Bonchev–Trinajstić information content (AvgIpc) is 3.57. The number of aliphatic carboxylic acids is 1. The van der Waals surface area contributed by atoms with Crippen LogP contribution in [0.15, 0.2) is 12.1 Å². The number of carbonyl (C=O) groups is 2. The summed E-state index contributed by atoms with van der Waals surface area (Å²) in [5.74, 6) is -0.00901. The molecule has 4 rings (SSSR count). The molecule has 0 spiro atoms. The van der Waals surface area contributed by atoms with Crippen LogP contribution in [-0.2, 0) is 23.1 Å². The third-order valence-electron chi connectivity index (χ3n) is 6.47. The highest BCUT2D eigenvalue weighted by atomic mass is 16.6. The van der Waals surface area contributed by atoms with E-state index in [1.54, 1.807) is 17.8 Å². The molecule has 0 aromatic carbocycles. The number of alkyl carbamates (subject to hydrolysis) is 1. The number of ether oxygens (including phenoxy) is 2. The van der Waals surface area contributed by atoms with Crippen LogP contribution < -0.4 is 10.1 Å². The highest BCUT2D eigenvalue weighted by molar-refractivity contribution is 5.70. The normalized spacial score (nSPS) is 21.3. The molecule has 2 N–H and O–H groups in total. The number of rotatable bonds is 8. The molecule has 0 saturated heterocycles. The number of hydrogen-bond acceptors (Lipinski definition) is 7. The molecule has 0 unspecified atom stereocenters. The van der Waals surface area contributed by atoms with E-state index >= 15 is 0 Å². The SMILES string of the molecule is Cc1nc(-c2nnn(C)c2CNC(=O)O[C@@H](C)C2CC2)ccc1O[C@H]1CCC[C@H](C(=O)O)C1. The summed E-state index contributed by atoms with van der Waals surface area (Å²) in [7, 11) is 1.76. The van der Waals surface area contributed by atoms with Crippen molar-refractivity contribution in [3.05, 3.63) is 23.5 Å². The number of aromatic nitrogens is 4. The van der Waals surface area contributed by atoms with Crippen LogP contribution in [0.3, 0.4) is 0 Å². The van der Waals surface area contributed by atoms with Crippen molar-refractivity contribution in [1.82, 2.24) is 25.3 Å². The smallest absolute Gasteiger partial charge is 0.407 e. The molecule has 2 aromatic rings. The van der Waals surface area contributed by atoms with Gasteiger partial charge in [0.25, 0.3) is 0 Å². The Morgan fingerprint density at radius 2 is 2.06 bits per heavy atom. The van der Waals surface area contributed by atoms with E-state index in [0.717, 1.165) is 25.7 Å². The number of carboxylic acid groups (broad SMARTS) is 1. The monoisotopic (exact) mass is 457 g/mol. The minimum atomic E-state index is -0.761. The number of hydrogen-bond donors (Lipinski definition) is 2. The molecule has 2 aliphatic rings. The van der Waals surface area contributed by atoms with Gasteiger partial charge in [0.05, 0.1) is 35.6 Å². The van der Waals surface area contributed by atoms with E-state index in [-0.39, 0.29) is 24.7 Å². The van der Waals surface area contributed by atoms with Crippen molar-refractivity contribution in [2.75, 3.05) is 0 Å². The standard InChI is InChI=1S/C23H31N5O5/c1-13-20(33-17-6-4-5-16(11-17)22(29)30)10-9-18(25-13)21-19(28(3)27-26-21)12-24-23(31)32-14(2)15-7-8-15/h9-10,14-17H,4-8,11-12H2,1-3H3,(H,24,31)(H,29,30)/t14-,16-,17-/m0/s1. The van der Waals surface area contributed by atoms with Gasteiger partial charge >= 0.3 is 12.1 Å². The van der Waals surface area contributed by atoms with Crippen LogP contribution in [0, 0.1) is 18.8 Å². The van der Waals surface area contributed by atoms with Crippen molar-refractivity contribution in [3.63, 3.8) is 0 Å². The van der Waals surface area contributed by atoms with Crippen LogP contribution >= 0.6 is 0 Å². The van der Waals surface area contributed by atoms with Gasteiger partial charge in [0.15, 0.2) is 0 Å². The third-order valence-corrected chi connectivity index (χ3v) is 6.47. The van der Waals surface area contributed by atoms with Gasteiger partial charge in [0.1, 0.15) is 17.5 Å². The Morgan fingerprint density at radius 1 is 1.27 bits per heavy atom. The van der Waals surface area contributed by atoms with Gasteiger partial charge in [-0.25, -0.2) is 14.5 Å². The van der Waals surface area contributed by atoms with Crippen molar-refractivity contribution in [2.45, 2.75) is 71.1 Å². The Balaban J connectivity index is 1.41. The largest absolute Gasteiger partial charge is 0.489 e. The molecule has 2 aromatic heterocycles. The first kappa shape index (κ1) is 23.0. The first-order valence-electron chi connectivity index (χ1n) is 11.5. The van der Waals surface area contributed by atoms with Crippen molar-refractivity contribution in [2.24, 2.45) is 18.9 Å². The molecular weight excluding hydrogens is 426 g/mol. The van der Waals surface area contributed by atoms with E-state index in [1.165, 1.54) is 0 Å². The van der Waals surface area contributed by atoms with Gasteiger partial charge < -0.3 is 19.9 Å². The summed E-state index contributed by atoms with van der Waals surface area (Å²) >= 11 is 0. The fourth-order valence-electron chi connectivity index (χ4n) is 4.26. The second-order valence-electron chi connectivity index (χ2n) is 9.03. The van der Waals surface area contributed by atoms with E-state index in [4.69, 9.17) is 9.47 Å². The number of carbonyl (C=O) groups excluding carboxylic acids is 1. The summed E-state index contributed by atoms with van der Waals surface area (Å²) in [6, 6.07) is 3.64. The molecular formula is C23H31N5O5. The van der Waals surface area contributed by atoms with E-state index in [2.05, 4.69) is 20.6 Å². The summed E-state index contributed by atoms with van der Waals surface area (Å²) in [5.41, 5.74) is 2.60. The predicted molar refractivity (Wildman–Crippen MR) is 118 cm³/mol.